The van der Waals surface area contributed by atoms with Crippen LogP contribution in [0, 0.1) is 0 Å². The Labute approximate surface area is 214 Å². The van der Waals surface area contributed by atoms with Gasteiger partial charge in [-0.2, -0.15) is 0 Å². The molecular weight excluding hydrogens is 470 g/mol. The van der Waals surface area contributed by atoms with Crippen molar-refractivity contribution in [3.63, 3.8) is 0 Å². The summed E-state index contributed by atoms with van der Waals surface area (Å²) in [6, 6.07) is 20.0. The number of carbonyl (C=O) groups is 3. The second kappa shape index (κ2) is 9.89. The normalized spacial score (nSPS) is 16.3. The maximum Gasteiger partial charge on any atom is 0.257 e. The first-order chi connectivity index (χ1) is 17.9. The van der Waals surface area contributed by atoms with Crippen LogP contribution in [0.15, 0.2) is 77.2 Å². The summed E-state index contributed by atoms with van der Waals surface area (Å²) in [5.41, 5.74) is 3.04. The van der Waals surface area contributed by atoms with Crippen LogP contribution in [-0.2, 0) is 9.59 Å². The first-order valence-electron chi connectivity index (χ1n) is 12.2. The number of carbonyl (C=O) groups excluding carboxylic acids is 3. The summed E-state index contributed by atoms with van der Waals surface area (Å²) in [6.45, 7) is 3.83. The molecule has 0 saturated carbocycles. The van der Waals surface area contributed by atoms with Crippen LogP contribution in [-0.4, -0.2) is 46.8 Å². The minimum atomic E-state index is -0.881. The molecule has 1 fully saturated rings. The number of hydrogen-bond acceptors (Lipinski definition) is 6. The van der Waals surface area contributed by atoms with E-state index in [1.807, 2.05) is 38.1 Å². The number of oxazole rings is 1. The van der Waals surface area contributed by atoms with Gasteiger partial charge in [0.05, 0.1) is 19.2 Å². The summed E-state index contributed by atoms with van der Waals surface area (Å²) < 4.78 is 11.0. The number of fused-ring (bicyclic) bond motifs is 1. The SMILES string of the molecule is CCC(C)N(C(=O)c1ccc(OC)cc1)C1CC(=O)N(c2ccc(-c3nc4ccccc4o3)cc2)C1=O. The van der Waals surface area contributed by atoms with Gasteiger partial charge in [-0.25, -0.2) is 9.88 Å². The average Bonchev–Trinajstić information content (AvgIpc) is 3.49. The van der Waals surface area contributed by atoms with E-state index in [0.717, 1.165) is 16.0 Å². The van der Waals surface area contributed by atoms with Crippen molar-refractivity contribution in [2.24, 2.45) is 0 Å². The lowest BCUT2D eigenvalue weighted by molar-refractivity contribution is -0.122. The van der Waals surface area contributed by atoms with Crippen molar-refractivity contribution in [3.8, 4) is 17.2 Å². The lowest BCUT2D eigenvalue weighted by Gasteiger charge is -2.33. The zero-order valence-corrected chi connectivity index (χ0v) is 20.9. The molecule has 0 aliphatic carbocycles. The highest BCUT2D eigenvalue weighted by molar-refractivity contribution is 6.23. The molecule has 0 radical (unpaired) electrons. The summed E-state index contributed by atoms with van der Waals surface area (Å²) >= 11 is 0. The zero-order valence-electron chi connectivity index (χ0n) is 20.9. The molecule has 1 aliphatic rings. The Morgan fingerprint density at radius 2 is 1.78 bits per heavy atom. The molecule has 0 N–H and O–H groups in total. The molecule has 1 aliphatic heterocycles. The topological polar surface area (TPSA) is 92.9 Å². The minimum absolute atomic E-state index is 0.0715. The molecule has 2 unspecified atom stereocenters. The maximum absolute atomic E-state index is 13.5. The van der Waals surface area contributed by atoms with E-state index in [-0.39, 0.29) is 24.3 Å². The van der Waals surface area contributed by atoms with Gasteiger partial charge in [0, 0.05) is 17.2 Å². The number of benzene rings is 3. The number of nitrogens with zero attached hydrogens (tertiary/aromatic N) is 3. The molecule has 2 atom stereocenters. The van der Waals surface area contributed by atoms with Gasteiger partial charge in [-0.3, -0.25) is 14.4 Å². The second-order valence-corrected chi connectivity index (χ2v) is 9.02. The van der Waals surface area contributed by atoms with Crippen LogP contribution in [0.2, 0.25) is 0 Å². The highest BCUT2D eigenvalue weighted by Crippen LogP contribution is 2.31. The number of aromatic nitrogens is 1. The van der Waals surface area contributed by atoms with Gasteiger partial charge in [-0.1, -0.05) is 19.1 Å². The predicted molar refractivity (Wildman–Crippen MR) is 139 cm³/mol. The molecule has 1 aromatic heterocycles. The van der Waals surface area contributed by atoms with E-state index in [4.69, 9.17) is 9.15 Å². The van der Waals surface area contributed by atoms with E-state index in [2.05, 4.69) is 4.98 Å². The van der Waals surface area contributed by atoms with Crippen LogP contribution in [0.3, 0.4) is 0 Å². The van der Waals surface area contributed by atoms with Crippen LogP contribution in [0.4, 0.5) is 5.69 Å². The van der Waals surface area contributed by atoms with Crippen LogP contribution in [0.25, 0.3) is 22.6 Å². The first-order valence-corrected chi connectivity index (χ1v) is 12.2. The van der Waals surface area contributed by atoms with Gasteiger partial charge in [0.15, 0.2) is 5.58 Å². The molecule has 3 aromatic carbocycles. The Morgan fingerprint density at radius 3 is 2.43 bits per heavy atom. The molecule has 0 spiro atoms. The summed E-state index contributed by atoms with van der Waals surface area (Å²) in [5, 5.41) is 0. The molecule has 8 nitrogen and oxygen atoms in total. The highest BCUT2D eigenvalue weighted by Gasteiger charge is 2.45. The maximum atomic E-state index is 13.5. The third kappa shape index (κ3) is 4.46. The van der Waals surface area contributed by atoms with E-state index in [1.54, 1.807) is 55.6 Å². The van der Waals surface area contributed by atoms with Crippen molar-refractivity contribution in [3.05, 3.63) is 78.4 Å². The van der Waals surface area contributed by atoms with Gasteiger partial charge >= 0.3 is 0 Å². The third-order valence-electron chi connectivity index (χ3n) is 6.76. The second-order valence-electron chi connectivity index (χ2n) is 9.02. The number of ether oxygens (including phenoxy) is 1. The minimum Gasteiger partial charge on any atom is -0.497 e. The summed E-state index contributed by atoms with van der Waals surface area (Å²) in [7, 11) is 1.55. The van der Waals surface area contributed by atoms with Crippen molar-refractivity contribution in [2.75, 3.05) is 12.0 Å². The smallest absolute Gasteiger partial charge is 0.257 e. The molecule has 2 heterocycles. The summed E-state index contributed by atoms with van der Waals surface area (Å²) in [6.07, 6.45) is 0.566. The Balaban J connectivity index is 1.40. The number of anilines is 1. The van der Waals surface area contributed by atoms with Gasteiger partial charge in [-0.05, 0) is 74.0 Å². The third-order valence-corrected chi connectivity index (χ3v) is 6.76. The lowest BCUT2D eigenvalue weighted by atomic mass is 10.1. The van der Waals surface area contributed by atoms with Crippen molar-refractivity contribution < 1.29 is 23.5 Å². The van der Waals surface area contributed by atoms with Crippen LogP contribution in [0.5, 0.6) is 5.75 Å². The fourth-order valence-corrected chi connectivity index (χ4v) is 4.58. The highest BCUT2D eigenvalue weighted by atomic mass is 16.5. The number of imide groups is 1. The number of methoxy groups -OCH3 is 1. The van der Waals surface area contributed by atoms with Crippen LogP contribution < -0.4 is 9.64 Å². The molecule has 1 saturated heterocycles. The van der Waals surface area contributed by atoms with E-state index < -0.39 is 11.9 Å². The van der Waals surface area contributed by atoms with E-state index in [0.29, 0.717) is 34.9 Å². The summed E-state index contributed by atoms with van der Waals surface area (Å²) in [4.78, 5) is 47.3. The number of para-hydroxylation sites is 2. The molecular formula is C29H27N3O5. The number of amides is 3. The fourth-order valence-electron chi connectivity index (χ4n) is 4.58. The van der Waals surface area contributed by atoms with Crippen molar-refractivity contribution in [2.45, 2.75) is 38.8 Å². The molecule has 8 heteroatoms. The van der Waals surface area contributed by atoms with E-state index >= 15 is 0 Å². The first kappa shape index (κ1) is 24.2. The van der Waals surface area contributed by atoms with Gasteiger partial charge in [0.2, 0.25) is 11.8 Å². The molecule has 188 valence electrons. The summed E-state index contributed by atoms with van der Waals surface area (Å²) in [5.74, 6) is 0.0301. The van der Waals surface area contributed by atoms with Crippen molar-refractivity contribution >= 4 is 34.5 Å². The lowest BCUT2D eigenvalue weighted by Crippen LogP contribution is -2.49. The predicted octanol–water partition coefficient (Wildman–Crippen LogP) is 5.08. The Kier molecular flexibility index (Phi) is 6.48. The van der Waals surface area contributed by atoms with Crippen molar-refractivity contribution in [1.29, 1.82) is 0 Å². The number of hydrogen-bond donors (Lipinski definition) is 0. The molecule has 37 heavy (non-hydrogen) atoms. The van der Waals surface area contributed by atoms with E-state index in [1.165, 1.54) is 4.90 Å². The molecule has 4 aromatic rings. The fraction of sp³-hybridized carbons (Fsp3) is 0.241. The Hall–Kier alpha value is -4.46. The molecule has 0 bridgehead atoms. The standard InChI is InChI=1S/C29H27N3O5/c1-4-18(2)31(28(34)20-11-15-22(36-3)16-12-20)24-17-26(33)32(29(24)35)21-13-9-19(10-14-21)27-30-23-7-5-6-8-25(23)37-27/h5-16,18,24H,4,17H2,1-3H3. The van der Waals surface area contributed by atoms with Crippen LogP contribution >= 0.6 is 0 Å². The monoisotopic (exact) mass is 497 g/mol. The van der Waals surface area contributed by atoms with Crippen LogP contribution in [0.1, 0.15) is 37.0 Å². The van der Waals surface area contributed by atoms with Gasteiger partial charge in [0.1, 0.15) is 17.3 Å². The van der Waals surface area contributed by atoms with Crippen molar-refractivity contribution in [1.82, 2.24) is 9.88 Å². The van der Waals surface area contributed by atoms with Gasteiger partial charge in [0.25, 0.3) is 11.8 Å². The zero-order chi connectivity index (χ0) is 26.1. The molecule has 3 amide bonds. The number of rotatable bonds is 7. The van der Waals surface area contributed by atoms with E-state index in [9.17, 15) is 14.4 Å². The Morgan fingerprint density at radius 1 is 1.08 bits per heavy atom. The Bertz CT molecular complexity index is 1430. The van der Waals surface area contributed by atoms with Gasteiger partial charge in [-0.15, -0.1) is 0 Å². The molecule has 5 rings (SSSR count). The quantitative estimate of drug-likeness (QED) is 0.331. The van der Waals surface area contributed by atoms with Gasteiger partial charge < -0.3 is 14.1 Å². The average molecular weight is 498 g/mol. The largest absolute Gasteiger partial charge is 0.497 e.